The van der Waals surface area contributed by atoms with Gasteiger partial charge in [-0.2, -0.15) is 0 Å². The molecule has 0 bridgehead atoms. The average Bonchev–Trinajstić information content (AvgIpc) is 2.68. The van der Waals surface area contributed by atoms with Crippen LogP contribution in [0.3, 0.4) is 0 Å². The van der Waals surface area contributed by atoms with Crippen molar-refractivity contribution in [2.75, 3.05) is 40.4 Å². The number of nitrogens with zero attached hydrogens (tertiary/aromatic N) is 1. The van der Waals surface area contributed by atoms with Crippen LogP contribution >= 0.6 is 0 Å². The molecule has 0 aliphatic carbocycles. The van der Waals surface area contributed by atoms with Gasteiger partial charge in [-0.1, -0.05) is 20.8 Å². The average molecular weight is 244 g/mol. The highest BCUT2D eigenvalue weighted by Crippen LogP contribution is 2.16. The van der Waals surface area contributed by atoms with Crippen LogP contribution in [0.15, 0.2) is 0 Å². The van der Waals surface area contributed by atoms with Crippen molar-refractivity contribution in [3.63, 3.8) is 0 Å². The first kappa shape index (κ1) is 14.9. The summed E-state index contributed by atoms with van der Waals surface area (Å²) in [5, 5.41) is 3.48. The molecular formula is C13H28N2O2. The van der Waals surface area contributed by atoms with Crippen molar-refractivity contribution in [2.45, 2.75) is 39.0 Å². The van der Waals surface area contributed by atoms with Gasteiger partial charge in [-0.3, -0.25) is 4.90 Å². The van der Waals surface area contributed by atoms with Gasteiger partial charge in [0.05, 0.1) is 12.2 Å². The number of hydrogen-bond acceptors (Lipinski definition) is 4. The maximum atomic E-state index is 5.44. The molecule has 1 aliphatic rings. The second kappa shape index (κ2) is 7.31. The van der Waals surface area contributed by atoms with Crippen LogP contribution in [0.2, 0.25) is 0 Å². The summed E-state index contributed by atoms with van der Waals surface area (Å²) in [5.74, 6) is 0.658. The van der Waals surface area contributed by atoms with Crippen LogP contribution in [0, 0.1) is 5.92 Å². The highest BCUT2D eigenvalue weighted by molar-refractivity contribution is 4.86. The van der Waals surface area contributed by atoms with E-state index in [1.807, 2.05) is 0 Å². The molecule has 1 rings (SSSR count). The molecule has 1 aliphatic heterocycles. The van der Waals surface area contributed by atoms with Crippen molar-refractivity contribution in [3.05, 3.63) is 0 Å². The number of ether oxygens (including phenoxy) is 2. The summed E-state index contributed by atoms with van der Waals surface area (Å²) >= 11 is 0. The third-order valence-corrected chi connectivity index (χ3v) is 3.34. The molecule has 3 atom stereocenters. The first-order valence-electron chi connectivity index (χ1n) is 6.58. The van der Waals surface area contributed by atoms with E-state index in [0.717, 1.165) is 26.2 Å². The molecule has 0 aromatic rings. The van der Waals surface area contributed by atoms with Gasteiger partial charge < -0.3 is 14.8 Å². The Kier molecular flexibility index (Phi) is 6.41. The molecule has 0 aromatic heterocycles. The van der Waals surface area contributed by atoms with Gasteiger partial charge in [-0.25, -0.2) is 0 Å². The predicted octanol–water partition coefficient (Wildman–Crippen LogP) is 0.966. The van der Waals surface area contributed by atoms with Gasteiger partial charge in [0.1, 0.15) is 0 Å². The molecule has 1 N–H and O–H groups in total. The topological polar surface area (TPSA) is 33.7 Å². The van der Waals surface area contributed by atoms with Crippen molar-refractivity contribution in [3.8, 4) is 0 Å². The van der Waals surface area contributed by atoms with E-state index < -0.39 is 0 Å². The summed E-state index contributed by atoms with van der Waals surface area (Å²) in [6.45, 7) is 10.8. The van der Waals surface area contributed by atoms with Crippen LogP contribution in [-0.2, 0) is 9.47 Å². The minimum atomic E-state index is 0.227. The molecule has 0 spiro atoms. The minimum Gasteiger partial charge on any atom is -0.377 e. The van der Waals surface area contributed by atoms with Crippen molar-refractivity contribution >= 4 is 0 Å². The van der Waals surface area contributed by atoms with Crippen LogP contribution in [0.5, 0.6) is 0 Å². The molecule has 4 nitrogen and oxygen atoms in total. The van der Waals surface area contributed by atoms with Crippen LogP contribution in [0.25, 0.3) is 0 Å². The van der Waals surface area contributed by atoms with Gasteiger partial charge in [0.25, 0.3) is 0 Å². The highest BCUT2D eigenvalue weighted by atomic mass is 16.5. The number of hydrogen-bond donors (Lipinski definition) is 1. The summed E-state index contributed by atoms with van der Waals surface area (Å²) in [5.41, 5.74) is 0. The quantitative estimate of drug-likeness (QED) is 0.723. The summed E-state index contributed by atoms with van der Waals surface area (Å²) in [6, 6.07) is 0.564. The summed E-state index contributed by atoms with van der Waals surface area (Å²) in [4.78, 5) is 2.44. The Morgan fingerprint density at radius 1 is 1.12 bits per heavy atom. The van der Waals surface area contributed by atoms with E-state index >= 15 is 0 Å². The monoisotopic (exact) mass is 244 g/mol. The number of rotatable bonds is 7. The Bertz CT molecular complexity index is 200. The Morgan fingerprint density at radius 2 is 1.65 bits per heavy atom. The van der Waals surface area contributed by atoms with Gasteiger partial charge in [0, 0.05) is 39.9 Å². The van der Waals surface area contributed by atoms with Crippen molar-refractivity contribution in [2.24, 2.45) is 5.92 Å². The van der Waals surface area contributed by atoms with Crippen LogP contribution in [-0.4, -0.2) is 63.5 Å². The lowest BCUT2D eigenvalue weighted by molar-refractivity contribution is -0.00461. The molecule has 0 amide bonds. The lowest BCUT2D eigenvalue weighted by Gasteiger charge is -2.21. The van der Waals surface area contributed by atoms with E-state index in [0.29, 0.717) is 12.0 Å². The van der Waals surface area contributed by atoms with E-state index in [9.17, 15) is 0 Å². The Hall–Kier alpha value is -0.160. The predicted molar refractivity (Wildman–Crippen MR) is 70.3 cm³/mol. The first-order chi connectivity index (χ1) is 8.06. The van der Waals surface area contributed by atoms with E-state index in [-0.39, 0.29) is 12.2 Å². The molecule has 0 aromatic carbocycles. The molecule has 17 heavy (non-hydrogen) atoms. The van der Waals surface area contributed by atoms with Gasteiger partial charge in [-0.05, 0) is 12.5 Å². The lowest BCUT2D eigenvalue weighted by Crippen LogP contribution is -2.35. The maximum absolute atomic E-state index is 5.44. The molecule has 102 valence electrons. The van der Waals surface area contributed by atoms with Crippen molar-refractivity contribution in [1.29, 1.82) is 0 Å². The van der Waals surface area contributed by atoms with Crippen LogP contribution < -0.4 is 5.32 Å². The number of nitrogens with one attached hydrogen (secondary N) is 1. The van der Waals surface area contributed by atoms with Gasteiger partial charge >= 0.3 is 0 Å². The zero-order valence-electron chi connectivity index (χ0n) is 11.9. The molecule has 1 fully saturated rings. The second-order valence-electron chi connectivity index (χ2n) is 5.43. The molecule has 1 saturated heterocycles. The second-order valence-corrected chi connectivity index (χ2v) is 5.43. The molecule has 0 radical (unpaired) electrons. The van der Waals surface area contributed by atoms with Crippen LogP contribution in [0.1, 0.15) is 20.8 Å². The summed E-state index contributed by atoms with van der Waals surface area (Å²) < 4.78 is 10.9. The standard InChI is InChI=1S/C13H28N2O2/c1-10(2)14-6-11(3)7-15-8-12(16-4)13(9-15)17-5/h10-14H,6-9H2,1-5H3. The minimum absolute atomic E-state index is 0.227. The summed E-state index contributed by atoms with van der Waals surface area (Å²) in [6.07, 6.45) is 0.454. The molecular weight excluding hydrogens is 216 g/mol. The third kappa shape index (κ3) is 4.92. The molecule has 0 saturated carbocycles. The highest BCUT2D eigenvalue weighted by Gasteiger charge is 2.33. The van der Waals surface area contributed by atoms with Gasteiger partial charge in [0.2, 0.25) is 0 Å². The molecule has 1 heterocycles. The normalized spacial score (nSPS) is 27.9. The maximum Gasteiger partial charge on any atom is 0.0971 e. The van der Waals surface area contributed by atoms with Gasteiger partial charge in [-0.15, -0.1) is 0 Å². The van der Waals surface area contributed by atoms with E-state index in [1.54, 1.807) is 14.2 Å². The molecule has 3 unspecified atom stereocenters. The zero-order valence-corrected chi connectivity index (χ0v) is 11.9. The Balaban J connectivity index is 2.28. The number of likely N-dealkylation sites (tertiary alicyclic amines) is 1. The lowest BCUT2D eigenvalue weighted by atomic mass is 10.1. The number of methoxy groups -OCH3 is 2. The summed E-state index contributed by atoms with van der Waals surface area (Å²) in [7, 11) is 3.54. The van der Waals surface area contributed by atoms with Gasteiger partial charge in [0.15, 0.2) is 0 Å². The first-order valence-corrected chi connectivity index (χ1v) is 6.58. The fourth-order valence-electron chi connectivity index (χ4n) is 2.36. The van der Waals surface area contributed by atoms with Crippen molar-refractivity contribution in [1.82, 2.24) is 10.2 Å². The Labute approximate surface area is 106 Å². The van der Waals surface area contributed by atoms with E-state index in [1.165, 1.54) is 0 Å². The Morgan fingerprint density at radius 3 is 2.06 bits per heavy atom. The smallest absolute Gasteiger partial charge is 0.0971 e. The fourth-order valence-corrected chi connectivity index (χ4v) is 2.36. The zero-order chi connectivity index (χ0) is 12.8. The van der Waals surface area contributed by atoms with Crippen molar-refractivity contribution < 1.29 is 9.47 Å². The third-order valence-electron chi connectivity index (χ3n) is 3.34. The SMILES string of the molecule is COC1CN(CC(C)CNC(C)C)CC1OC. The fraction of sp³-hybridized carbons (Fsp3) is 1.00. The van der Waals surface area contributed by atoms with E-state index in [2.05, 4.69) is 31.0 Å². The largest absolute Gasteiger partial charge is 0.377 e. The van der Waals surface area contributed by atoms with Crippen LogP contribution in [0.4, 0.5) is 0 Å². The molecule has 4 heteroatoms. The van der Waals surface area contributed by atoms with E-state index in [4.69, 9.17) is 9.47 Å².